The molecule has 0 heterocycles. The Bertz CT molecular complexity index is 585. The summed E-state index contributed by atoms with van der Waals surface area (Å²) < 4.78 is 9.44. The number of benzene rings is 1. The first-order valence-corrected chi connectivity index (χ1v) is 5.29. The lowest BCUT2D eigenvalue weighted by molar-refractivity contribution is -0.120. The van der Waals surface area contributed by atoms with Gasteiger partial charge in [0.25, 0.3) is 6.47 Å². The summed E-state index contributed by atoms with van der Waals surface area (Å²) in [6, 6.07) is 3.21. The summed E-state index contributed by atoms with van der Waals surface area (Å²) in [4.78, 5) is 22.0. The summed E-state index contributed by atoms with van der Waals surface area (Å²) in [5, 5.41) is 1.63. The number of esters is 1. The maximum Gasteiger partial charge on any atom is 0.341 e. The molecule has 0 aromatic heterocycles. The number of methoxy groups -OCH3 is 1. The molecule has 0 spiro atoms. The van der Waals surface area contributed by atoms with E-state index in [4.69, 9.17) is 4.74 Å². The Labute approximate surface area is 105 Å². The van der Waals surface area contributed by atoms with E-state index in [0.29, 0.717) is 0 Å². The lowest BCUT2D eigenvalue weighted by Crippen LogP contribution is -2.26. The second kappa shape index (κ2) is 6.39. The maximum absolute atomic E-state index is 11.6. The summed E-state index contributed by atoms with van der Waals surface area (Å²) in [7, 11) is 1.27. The van der Waals surface area contributed by atoms with Crippen LogP contribution in [-0.2, 0) is 9.53 Å². The molecule has 4 nitrogen and oxygen atoms in total. The first-order chi connectivity index (χ1) is 8.67. The first-order valence-electron chi connectivity index (χ1n) is 5.29. The monoisotopic (exact) mass is 246 g/mol. The van der Waals surface area contributed by atoms with Crippen molar-refractivity contribution in [2.75, 3.05) is 7.11 Å². The van der Waals surface area contributed by atoms with Crippen molar-refractivity contribution < 1.29 is 19.1 Å². The van der Waals surface area contributed by atoms with Gasteiger partial charge in [-0.2, -0.15) is 0 Å². The Balaban J connectivity index is 3.62. The molecule has 4 heteroatoms. The molecule has 1 rings (SSSR count). The molecule has 1 aromatic rings. The number of carbonyl (C=O) groups is 2. The highest BCUT2D eigenvalue weighted by Gasteiger charge is 2.13. The number of hydrogen-bond acceptors (Lipinski definition) is 4. The van der Waals surface area contributed by atoms with E-state index in [1.165, 1.54) is 7.11 Å². The number of allylic oxidation sites excluding steroid dienone is 1. The molecule has 0 unspecified atom stereocenters. The average Bonchev–Trinajstić information content (AvgIpc) is 2.39. The molecule has 18 heavy (non-hydrogen) atoms. The van der Waals surface area contributed by atoms with E-state index in [1.54, 1.807) is 24.3 Å². The SMILES string of the molecule is C=C/C=c1/cc(OC=O)c(C(=O)OC)c/c1=C/C. The minimum absolute atomic E-state index is 0.163. The van der Waals surface area contributed by atoms with Gasteiger partial charge in [-0.15, -0.1) is 0 Å². The highest BCUT2D eigenvalue weighted by atomic mass is 16.5. The van der Waals surface area contributed by atoms with Crippen molar-refractivity contribution in [3.05, 3.63) is 40.8 Å². The molecule has 0 aliphatic carbocycles. The molecule has 0 bridgehead atoms. The zero-order valence-electron chi connectivity index (χ0n) is 10.3. The molecule has 0 atom stereocenters. The van der Waals surface area contributed by atoms with Gasteiger partial charge in [0.2, 0.25) is 0 Å². The Kier molecular flexibility index (Phi) is 4.87. The van der Waals surface area contributed by atoms with Gasteiger partial charge in [0.1, 0.15) is 11.3 Å². The number of ether oxygens (including phenoxy) is 2. The smallest absolute Gasteiger partial charge is 0.341 e. The third kappa shape index (κ3) is 2.85. The molecule has 0 aliphatic rings. The summed E-state index contributed by atoms with van der Waals surface area (Å²) in [5.74, 6) is -0.393. The van der Waals surface area contributed by atoms with Gasteiger partial charge in [0.05, 0.1) is 7.11 Å². The largest absolute Gasteiger partial charge is 0.465 e. The van der Waals surface area contributed by atoms with Crippen LogP contribution in [0.1, 0.15) is 17.3 Å². The summed E-state index contributed by atoms with van der Waals surface area (Å²) in [6.45, 7) is 5.73. The van der Waals surface area contributed by atoms with Gasteiger partial charge in [-0.25, -0.2) is 4.79 Å². The first kappa shape index (κ1) is 13.7. The average molecular weight is 246 g/mol. The molecule has 0 saturated carbocycles. The lowest BCUT2D eigenvalue weighted by Gasteiger charge is -2.06. The Hall–Kier alpha value is -2.36. The Morgan fingerprint density at radius 1 is 1.33 bits per heavy atom. The van der Waals surface area contributed by atoms with Crippen LogP contribution in [0, 0.1) is 0 Å². The van der Waals surface area contributed by atoms with E-state index in [2.05, 4.69) is 11.3 Å². The van der Waals surface area contributed by atoms with Gasteiger partial charge < -0.3 is 9.47 Å². The van der Waals surface area contributed by atoms with Crippen molar-refractivity contribution in [2.45, 2.75) is 6.92 Å². The molecule has 0 fully saturated rings. The molecular weight excluding hydrogens is 232 g/mol. The predicted octanol–water partition coefficient (Wildman–Crippen LogP) is 0.775. The predicted molar refractivity (Wildman–Crippen MR) is 68.5 cm³/mol. The number of rotatable bonds is 4. The molecule has 94 valence electrons. The second-order valence-corrected chi connectivity index (χ2v) is 3.37. The van der Waals surface area contributed by atoms with E-state index >= 15 is 0 Å². The maximum atomic E-state index is 11.6. The van der Waals surface area contributed by atoms with Crippen molar-refractivity contribution in [2.24, 2.45) is 0 Å². The summed E-state index contributed by atoms with van der Waals surface area (Å²) >= 11 is 0. The summed E-state index contributed by atoms with van der Waals surface area (Å²) in [5.41, 5.74) is 0.207. The van der Waals surface area contributed by atoms with Crippen molar-refractivity contribution in [3.8, 4) is 5.75 Å². The molecule has 0 aliphatic heterocycles. The number of hydrogen-bond donors (Lipinski definition) is 0. The third-order valence-electron chi connectivity index (χ3n) is 2.37. The topological polar surface area (TPSA) is 52.6 Å². The van der Waals surface area contributed by atoms with Gasteiger partial charge in [0, 0.05) is 0 Å². The van der Waals surface area contributed by atoms with Crippen LogP contribution in [0.25, 0.3) is 12.2 Å². The number of carbonyl (C=O) groups excluding carboxylic acids is 2. The molecule has 1 aromatic carbocycles. The normalized spacial score (nSPS) is 12.1. The third-order valence-corrected chi connectivity index (χ3v) is 2.37. The van der Waals surface area contributed by atoms with Crippen molar-refractivity contribution in [3.63, 3.8) is 0 Å². The fraction of sp³-hybridized carbons (Fsp3) is 0.143. The fourth-order valence-electron chi connectivity index (χ4n) is 1.55. The van der Waals surface area contributed by atoms with Crippen molar-refractivity contribution in [1.29, 1.82) is 0 Å². The van der Waals surface area contributed by atoms with Gasteiger partial charge in [-0.1, -0.05) is 24.8 Å². The van der Waals surface area contributed by atoms with E-state index < -0.39 is 5.97 Å². The zero-order chi connectivity index (χ0) is 13.5. The van der Waals surface area contributed by atoms with Crippen LogP contribution in [0.5, 0.6) is 5.75 Å². The van der Waals surface area contributed by atoms with E-state index in [-0.39, 0.29) is 17.8 Å². The van der Waals surface area contributed by atoms with Crippen LogP contribution in [0.3, 0.4) is 0 Å². The molecule has 0 radical (unpaired) electrons. The van der Waals surface area contributed by atoms with E-state index in [1.807, 2.05) is 13.0 Å². The minimum atomic E-state index is -0.555. The van der Waals surface area contributed by atoms with Crippen LogP contribution in [0.2, 0.25) is 0 Å². The van der Waals surface area contributed by atoms with Crippen LogP contribution < -0.4 is 15.2 Å². The molecule has 0 amide bonds. The quantitative estimate of drug-likeness (QED) is 0.582. The second-order valence-electron chi connectivity index (χ2n) is 3.37. The minimum Gasteiger partial charge on any atom is -0.465 e. The summed E-state index contributed by atoms with van der Waals surface area (Å²) in [6.07, 6.45) is 5.21. The van der Waals surface area contributed by atoms with Crippen molar-refractivity contribution >= 4 is 24.6 Å². The van der Waals surface area contributed by atoms with Crippen molar-refractivity contribution in [1.82, 2.24) is 0 Å². The highest BCUT2D eigenvalue weighted by Crippen LogP contribution is 2.14. The zero-order valence-corrected chi connectivity index (χ0v) is 10.3. The van der Waals surface area contributed by atoms with E-state index in [0.717, 1.165) is 10.4 Å². The van der Waals surface area contributed by atoms with Gasteiger partial charge in [0.15, 0.2) is 0 Å². The van der Waals surface area contributed by atoms with Crippen LogP contribution in [0.4, 0.5) is 0 Å². The molecule has 0 N–H and O–H groups in total. The van der Waals surface area contributed by atoms with Crippen LogP contribution in [-0.4, -0.2) is 19.6 Å². The Morgan fingerprint density at radius 3 is 2.56 bits per heavy atom. The van der Waals surface area contributed by atoms with E-state index in [9.17, 15) is 9.59 Å². The van der Waals surface area contributed by atoms with Crippen LogP contribution in [0.15, 0.2) is 24.8 Å². The molecular formula is C14H14O4. The van der Waals surface area contributed by atoms with Crippen LogP contribution >= 0.6 is 0 Å². The fourth-order valence-corrected chi connectivity index (χ4v) is 1.55. The van der Waals surface area contributed by atoms with Gasteiger partial charge in [-0.3, -0.25) is 4.79 Å². The lowest BCUT2D eigenvalue weighted by atomic mass is 10.1. The van der Waals surface area contributed by atoms with Gasteiger partial charge >= 0.3 is 5.97 Å². The highest BCUT2D eigenvalue weighted by molar-refractivity contribution is 5.92. The Morgan fingerprint density at radius 2 is 2.06 bits per heavy atom. The molecule has 0 saturated heterocycles. The van der Waals surface area contributed by atoms with Gasteiger partial charge in [-0.05, 0) is 29.5 Å². The standard InChI is InChI=1S/C14H14O4/c1-4-6-11-8-13(18-9-15)12(14(16)17-3)7-10(11)5-2/h4-9H,1H2,2-3H3/b10-5-,11-6-.